The van der Waals surface area contributed by atoms with Crippen LogP contribution < -0.4 is 16.0 Å². The minimum absolute atomic E-state index is 0.116. The number of benzene rings is 1. The van der Waals surface area contributed by atoms with E-state index in [2.05, 4.69) is 5.32 Å². The van der Waals surface area contributed by atoms with Gasteiger partial charge in [0.25, 0.3) is 6.43 Å². The number of hydrogen-bond donors (Lipinski definition) is 2. The van der Waals surface area contributed by atoms with E-state index in [-0.39, 0.29) is 17.9 Å². The van der Waals surface area contributed by atoms with Gasteiger partial charge in [-0.2, -0.15) is 0 Å². The highest BCUT2D eigenvalue weighted by molar-refractivity contribution is 5.76. The van der Waals surface area contributed by atoms with Gasteiger partial charge in [-0.15, -0.1) is 0 Å². The lowest BCUT2D eigenvalue weighted by Crippen LogP contribution is -2.27. The molecule has 0 aliphatic heterocycles. The van der Waals surface area contributed by atoms with Gasteiger partial charge >= 0.3 is 0 Å². The summed E-state index contributed by atoms with van der Waals surface area (Å²) in [5.41, 5.74) is 6.07. The summed E-state index contributed by atoms with van der Waals surface area (Å²) in [6, 6.07) is 4.37. The summed E-state index contributed by atoms with van der Waals surface area (Å²) < 4.78 is 25.7. The van der Waals surface area contributed by atoms with Crippen LogP contribution in [0.3, 0.4) is 0 Å². The second-order valence-corrected chi connectivity index (χ2v) is 3.96. The number of hydrogen-bond acceptors (Lipinski definition) is 3. The number of nitrogens with two attached hydrogens (primary N) is 1. The zero-order valence-corrected chi connectivity index (χ0v) is 10.4. The molecule has 0 saturated heterocycles. The molecular formula is C12H17F2N3O. The third-order valence-corrected chi connectivity index (χ3v) is 2.65. The van der Waals surface area contributed by atoms with Crippen molar-refractivity contribution in [3.63, 3.8) is 0 Å². The number of carbonyl (C=O) groups is 1. The number of amides is 1. The Kier molecular flexibility index (Phi) is 4.88. The number of halogens is 2. The fraction of sp³-hybridized carbons (Fsp3) is 0.417. The SMILES string of the molecule is CNC(=O)CCN(C)c1ccc(N)cc1C(F)F. The number of anilines is 2. The van der Waals surface area contributed by atoms with Crippen molar-refractivity contribution >= 4 is 17.3 Å². The molecule has 0 saturated carbocycles. The largest absolute Gasteiger partial charge is 0.399 e. The van der Waals surface area contributed by atoms with E-state index in [4.69, 9.17) is 5.73 Å². The summed E-state index contributed by atoms with van der Waals surface area (Å²) in [5, 5.41) is 2.48. The number of alkyl halides is 2. The molecule has 0 heterocycles. The second kappa shape index (κ2) is 6.18. The van der Waals surface area contributed by atoms with E-state index < -0.39 is 6.43 Å². The van der Waals surface area contributed by atoms with Crippen molar-refractivity contribution in [2.24, 2.45) is 0 Å². The van der Waals surface area contributed by atoms with Crippen molar-refractivity contribution in [3.8, 4) is 0 Å². The zero-order chi connectivity index (χ0) is 13.7. The highest BCUT2D eigenvalue weighted by atomic mass is 19.3. The van der Waals surface area contributed by atoms with Crippen molar-refractivity contribution in [3.05, 3.63) is 23.8 Å². The third-order valence-electron chi connectivity index (χ3n) is 2.65. The molecule has 6 heteroatoms. The van der Waals surface area contributed by atoms with Crippen LogP contribution >= 0.6 is 0 Å². The van der Waals surface area contributed by atoms with E-state index in [0.717, 1.165) is 0 Å². The monoisotopic (exact) mass is 257 g/mol. The average Bonchev–Trinajstić information content (AvgIpc) is 2.35. The Bertz CT molecular complexity index is 424. The smallest absolute Gasteiger partial charge is 0.265 e. The van der Waals surface area contributed by atoms with Crippen molar-refractivity contribution in [2.45, 2.75) is 12.8 Å². The molecular weight excluding hydrogens is 240 g/mol. The molecule has 0 fully saturated rings. The van der Waals surface area contributed by atoms with Crippen molar-refractivity contribution < 1.29 is 13.6 Å². The van der Waals surface area contributed by atoms with Gasteiger partial charge in [0.2, 0.25) is 5.91 Å². The van der Waals surface area contributed by atoms with E-state index >= 15 is 0 Å². The molecule has 18 heavy (non-hydrogen) atoms. The lowest BCUT2D eigenvalue weighted by atomic mass is 10.1. The second-order valence-electron chi connectivity index (χ2n) is 3.96. The fourth-order valence-corrected chi connectivity index (χ4v) is 1.61. The molecule has 0 radical (unpaired) electrons. The maximum atomic E-state index is 12.9. The molecule has 100 valence electrons. The first-order valence-electron chi connectivity index (χ1n) is 5.55. The number of carbonyl (C=O) groups excluding carboxylic acids is 1. The summed E-state index contributed by atoms with van der Waals surface area (Å²) in [4.78, 5) is 12.7. The van der Waals surface area contributed by atoms with Gasteiger partial charge in [-0.05, 0) is 18.2 Å². The summed E-state index contributed by atoms with van der Waals surface area (Å²) in [5.74, 6) is -0.129. The molecule has 0 aliphatic carbocycles. The van der Waals surface area contributed by atoms with Crippen LogP contribution in [0.25, 0.3) is 0 Å². The molecule has 3 N–H and O–H groups in total. The Labute approximate surface area is 105 Å². The Hall–Kier alpha value is -1.85. The highest BCUT2D eigenvalue weighted by Crippen LogP contribution is 2.31. The van der Waals surface area contributed by atoms with Crippen LogP contribution in [0.5, 0.6) is 0 Å². The van der Waals surface area contributed by atoms with Crippen LogP contribution in [-0.4, -0.2) is 26.5 Å². The van der Waals surface area contributed by atoms with Crippen molar-refractivity contribution in [2.75, 3.05) is 31.3 Å². The number of nitrogens with one attached hydrogen (secondary N) is 1. The van der Waals surface area contributed by atoms with Gasteiger partial charge in [0, 0.05) is 44.0 Å². The maximum absolute atomic E-state index is 12.9. The molecule has 1 aromatic carbocycles. The van der Waals surface area contributed by atoms with Crippen molar-refractivity contribution in [1.29, 1.82) is 0 Å². The predicted octanol–water partition coefficient (Wildman–Crippen LogP) is 1.78. The van der Waals surface area contributed by atoms with E-state index in [1.54, 1.807) is 24.1 Å². The first-order chi connectivity index (χ1) is 8.45. The van der Waals surface area contributed by atoms with Crippen LogP contribution in [-0.2, 0) is 4.79 Å². The van der Waals surface area contributed by atoms with E-state index in [1.807, 2.05) is 0 Å². The Morgan fingerprint density at radius 1 is 1.50 bits per heavy atom. The van der Waals surface area contributed by atoms with Crippen LogP contribution in [0.4, 0.5) is 20.2 Å². The molecule has 4 nitrogen and oxygen atoms in total. The molecule has 0 unspecified atom stereocenters. The minimum atomic E-state index is -2.59. The molecule has 1 rings (SSSR count). The van der Waals surface area contributed by atoms with E-state index in [0.29, 0.717) is 17.9 Å². The molecule has 0 aromatic heterocycles. The maximum Gasteiger partial charge on any atom is 0.265 e. The topological polar surface area (TPSA) is 58.4 Å². The molecule has 0 atom stereocenters. The average molecular weight is 257 g/mol. The van der Waals surface area contributed by atoms with Crippen LogP contribution in [0.15, 0.2) is 18.2 Å². The number of nitrogens with zero attached hydrogens (tertiary/aromatic N) is 1. The lowest BCUT2D eigenvalue weighted by molar-refractivity contribution is -0.120. The van der Waals surface area contributed by atoms with Gasteiger partial charge in [-0.3, -0.25) is 4.79 Å². The standard InChI is InChI=1S/C12H17F2N3O/c1-16-11(18)5-6-17(2)10-4-3-8(15)7-9(10)12(13)14/h3-4,7,12H,5-6,15H2,1-2H3,(H,16,18). The van der Waals surface area contributed by atoms with E-state index in [1.165, 1.54) is 13.1 Å². The summed E-state index contributed by atoms with van der Waals surface area (Å²) in [6.45, 7) is 0.364. The zero-order valence-electron chi connectivity index (χ0n) is 10.4. The van der Waals surface area contributed by atoms with E-state index in [9.17, 15) is 13.6 Å². The van der Waals surface area contributed by atoms with Gasteiger partial charge in [-0.25, -0.2) is 8.78 Å². The molecule has 0 aliphatic rings. The van der Waals surface area contributed by atoms with Crippen LogP contribution in [0.2, 0.25) is 0 Å². The lowest BCUT2D eigenvalue weighted by Gasteiger charge is -2.22. The van der Waals surface area contributed by atoms with Gasteiger partial charge in [-0.1, -0.05) is 0 Å². The minimum Gasteiger partial charge on any atom is -0.399 e. The first kappa shape index (κ1) is 14.2. The van der Waals surface area contributed by atoms with Crippen LogP contribution in [0, 0.1) is 0 Å². The fourth-order valence-electron chi connectivity index (χ4n) is 1.61. The number of rotatable bonds is 5. The van der Waals surface area contributed by atoms with Gasteiger partial charge in [0.15, 0.2) is 0 Å². The number of nitrogen functional groups attached to an aromatic ring is 1. The quantitative estimate of drug-likeness (QED) is 0.790. The van der Waals surface area contributed by atoms with Gasteiger partial charge in [0.05, 0.1) is 0 Å². The van der Waals surface area contributed by atoms with Crippen molar-refractivity contribution in [1.82, 2.24) is 5.32 Å². The normalized spacial score (nSPS) is 10.5. The summed E-state index contributed by atoms with van der Waals surface area (Å²) in [7, 11) is 3.20. The molecule has 1 amide bonds. The Morgan fingerprint density at radius 3 is 2.72 bits per heavy atom. The predicted molar refractivity (Wildman–Crippen MR) is 67.8 cm³/mol. The van der Waals surface area contributed by atoms with Gasteiger partial charge in [0.1, 0.15) is 0 Å². The summed E-state index contributed by atoms with van der Waals surface area (Å²) in [6.07, 6.45) is -2.34. The van der Waals surface area contributed by atoms with Crippen LogP contribution in [0.1, 0.15) is 18.4 Å². The van der Waals surface area contributed by atoms with Gasteiger partial charge < -0.3 is 16.0 Å². The molecule has 0 spiro atoms. The Morgan fingerprint density at radius 2 is 2.17 bits per heavy atom. The third kappa shape index (κ3) is 3.58. The molecule has 0 bridgehead atoms. The molecule has 1 aromatic rings. The summed E-state index contributed by atoms with van der Waals surface area (Å²) >= 11 is 0. The first-order valence-corrected chi connectivity index (χ1v) is 5.55. The highest BCUT2D eigenvalue weighted by Gasteiger charge is 2.16. The Balaban J connectivity index is 2.84.